The van der Waals surface area contributed by atoms with Crippen LogP contribution in [0.2, 0.25) is 0 Å². The summed E-state index contributed by atoms with van der Waals surface area (Å²) in [6.07, 6.45) is 5.66. The predicted octanol–water partition coefficient (Wildman–Crippen LogP) is 17.8. The summed E-state index contributed by atoms with van der Waals surface area (Å²) in [4.78, 5) is 4.90. The minimum absolute atomic E-state index is 0. The van der Waals surface area contributed by atoms with E-state index in [9.17, 15) is 16.4 Å². The van der Waals surface area contributed by atoms with Crippen LogP contribution in [0.3, 0.4) is 0 Å². The maximum atomic E-state index is 10.1. The Labute approximate surface area is 571 Å². The first kappa shape index (κ1) is 44.1. The molecule has 1 aliphatic heterocycles. The van der Waals surface area contributed by atoms with E-state index in [2.05, 4.69) is 134 Å². The predicted molar refractivity (Wildman–Crippen MR) is 375 cm³/mol. The molecule has 3 aromatic heterocycles. The molecule has 0 atom stereocenters. The number of benzene rings is 11. The largest absolute Gasteiger partial charge is 0.510 e. The van der Waals surface area contributed by atoms with E-state index in [0.29, 0.717) is 50.7 Å². The van der Waals surface area contributed by atoms with E-state index in [1.54, 1.807) is 34.9 Å². The van der Waals surface area contributed by atoms with Crippen LogP contribution in [0.15, 0.2) is 261 Å². The maximum Gasteiger partial charge on any atom is 0.268 e. The number of hydrogen-bond acceptors (Lipinski definition) is 2. The normalized spacial score (nSPS) is 14.7. The van der Waals surface area contributed by atoms with Gasteiger partial charge in [-0.15, -0.1) is 29.7 Å². The molecule has 0 unspecified atom stereocenters. The fourth-order valence-electron chi connectivity index (χ4n) is 12.8. The third-order valence-corrected chi connectivity index (χ3v) is 21.5. The molecule has 7 heteroatoms. The van der Waals surface area contributed by atoms with Crippen molar-refractivity contribution in [1.29, 1.82) is 0 Å². The van der Waals surface area contributed by atoms with Gasteiger partial charge in [-0.25, -0.2) is 4.98 Å². The van der Waals surface area contributed by atoms with Crippen LogP contribution < -0.4 is 30.1 Å². The van der Waals surface area contributed by atoms with Crippen molar-refractivity contribution in [2.45, 2.75) is 78.6 Å². The van der Waals surface area contributed by atoms with Gasteiger partial charge in [-0.3, -0.25) is 4.57 Å². The Morgan fingerprint density at radius 1 is 0.451 bits per heavy atom. The molecule has 0 saturated heterocycles. The molecule has 448 valence electrons. The van der Waals surface area contributed by atoms with Gasteiger partial charge in [0.15, 0.2) is 8.07 Å². The SMILES string of the molecule is [2H]c1c([2H])c([2H])c([Si](c2cc3c4c(c2)n(-c2[c-]c(Oc5[c-]c6c(cc5)c5ccccc5n6-c5cc(C(C)(C)C)ccn5)ccc2)[c-][n+]4-c2c(-c4cc(C(C)(C)C)cc(C(C)(C)C)c4)cccc2-c2ccccc2-c2ccccc2-3)(c2c([2H])c([2H])c([2H])c([2H])c2[2H])c2c([2H])c([2H])c([2H])c([2H])c2[2H])c([2H])c1[2H].[Pt]. The zero-order valence-electron chi connectivity index (χ0n) is 66.7. The number of para-hydroxylation sites is 2. The summed E-state index contributed by atoms with van der Waals surface area (Å²) < 4.78 is 157. The van der Waals surface area contributed by atoms with Gasteiger partial charge in [-0.1, -0.05) is 274 Å². The Morgan fingerprint density at radius 3 is 1.58 bits per heavy atom. The second kappa shape index (κ2) is 22.8. The van der Waals surface area contributed by atoms with Crippen molar-refractivity contribution >= 4 is 61.7 Å². The van der Waals surface area contributed by atoms with Crippen LogP contribution in [-0.4, -0.2) is 22.2 Å². The van der Waals surface area contributed by atoms with Crippen molar-refractivity contribution < 1.29 is 50.9 Å². The fourth-order valence-corrected chi connectivity index (χ4v) is 16.7. The molecule has 0 bridgehead atoms. The number of hydrogen-bond donors (Lipinski definition) is 0. The van der Waals surface area contributed by atoms with Crippen molar-refractivity contribution in [3.63, 3.8) is 0 Å². The quantitative estimate of drug-likeness (QED) is 0.0625. The monoisotopic (exact) mass is 1390 g/mol. The standard InChI is InChI=1S/C84H70N4OSi.Pt/c1-82(2,3)57-45-46-85-79(50-57)88-76-42-24-23-39-72(76)73-44-43-62(52-77(73)88)89-61-28-25-27-60(51-61)86-55-87-80-67(56-47-58(83(4,5)6)49-59(48-56)84(7,8)9)40-26-41-74(80)70-37-21-19-35-68(70)69-36-20-22-38-71(69)75-53-66(54-78(86)81(75)87)90(63-29-13-10-14-30-63,64-31-15-11-16-32-64)65-33-17-12-18-34-65;/h10-50,53-54H,1-9H3;/q-2;/i10D,11D,12D,13D,14D,15D,16D,17D,18D,29D,30D,31D,32D,33D,34D;. The number of aromatic nitrogens is 4. The molecular formula is C84H70N4OPtSi-2. The van der Waals surface area contributed by atoms with Gasteiger partial charge in [0.2, 0.25) is 0 Å². The van der Waals surface area contributed by atoms with E-state index in [0.717, 1.165) is 60.8 Å². The summed E-state index contributed by atoms with van der Waals surface area (Å²) in [5.41, 5.74) is 11.5. The molecule has 4 heterocycles. The summed E-state index contributed by atoms with van der Waals surface area (Å²) in [6, 6.07) is 47.4. The maximum absolute atomic E-state index is 10.1. The van der Waals surface area contributed by atoms with Crippen LogP contribution >= 0.6 is 0 Å². The van der Waals surface area contributed by atoms with Gasteiger partial charge in [-0.05, 0) is 127 Å². The molecule has 14 aromatic rings. The molecule has 0 radical (unpaired) electrons. The summed E-state index contributed by atoms with van der Waals surface area (Å²) in [5, 5.41) is -0.0597. The summed E-state index contributed by atoms with van der Waals surface area (Å²) >= 11 is 0. The topological polar surface area (TPSA) is 35.9 Å². The smallest absolute Gasteiger partial charge is 0.268 e. The first-order valence-electron chi connectivity index (χ1n) is 37.6. The summed E-state index contributed by atoms with van der Waals surface area (Å²) in [5.74, 6) is 1.26. The first-order chi connectivity index (χ1) is 49.7. The van der Waals surface area contributed by atoms with E-state index >= 15 is 0 Å². The first-order valence-corrected chi connectivity index (χ1v) is 32.1. The van der Waals surface area contributed by atoms with Gasteiger partial charge in [-0.2, -0.15) is 18.2 Å². The molecule has 0 amide bonds. The van der Waals surface area contributed by atoms with E-state index < -0.39 is 114 Å². The number of pyridine rings is 1. The van der Waals surface area contributed by atoms with Gasteiger partial charge in [0.1, 0.15) is 5.82 Å². The van der Waals surface area contributed by atoms with Gasteiger partial charge in [0.25, 0.3) is 6.33 Å². The van der Waals surface area contributed by atoms with Gasteiger partial charge >= 0.3 is 0 Å². The Balaban J connectivity index is 0.00000944. The second-order valence-corrected chi connectivity index (χ2v) is 29.7. The van der Waals surface area contributed by atoms with E-state index in [1.807, 2.05) is 95.7 Å². The average molecular weight is 1390 g/mol. The molecule has 1 aliphatic rings. The van der Waals surface area contributed by atoms with E-state index in [-0.39, 0.29) is 53.8 Å². The zero-order chi connectivity index (χ0) is 74.7. The summed E-state index contributed by atoms with van der Waals surface area (Å²) in [7, 11) is -5.81. The van der Waals surface area contributed by atoms with Gasteiger partial charge in [0, 0.05) is 44.3 Å². The molecule has 0 aliphatic carbocycles. The molecule has 5 nitrogen and oxygen atoms in total. The van der Waals surface area contributed by atoms with Crippen LogP contribution in [0.4, 0.5) is 0 Å². The third kappa shape index (κ3) is 10.2. The van der Waals surface area contributed by atoms with Gasteiger partial charge in [0.05, 0.1) is 37.3 Å². The Morgan fingerprint density at radius 2 is 0.978 bits per heavy atom. The molecule has 0 fully saturated rings. The van der Waals surface area contributed by atoms with Crippen molar-refractivity contribution in [2.24, 2.45) is 0 Å². The van der Waals surface area contributed by atoms with Crippen LogP contribution in [0.5, 0.6) is 11.5 Å². The minimum atomic E-state index is -5.81. The van der Waals surface area contributed by atoms with E-state index in [1.165, 1.54) is 0 Å². The molecular weight excluding hydrogens is 1300 g/mol. The van der Waals surface area contributed by atoms with Crippen molar-refractivity contribution in [1.82, 2.24) is 14.1 Å². The number of imidazole rings is 1. The van der Waals surface area contributed by atoms with Crippen molar-refractivity contribution in [2.75, 3.05) is 0 Å². The average Bonchev–Trinajstić information content (AvgIpc) is 0.904. The van der Waals surface area contributed by atoms with Crippen molar-refractivity contribution in [3.05, 3.63) is 296 Å². The van der Waals surface area contributed by atoms with Crippen LogP contribution in [0.1, 0.15) is 99.6 Å². The second-order valence-electron chi connectivity index (χ2n) is 26.1. The Hall–Kier alpha value is -9.45. The van der Waals surface area contributed by atoms with E-state index in [4.69, 9.17) is 13.8 Å². The molecule has 15 rings (SSSR count). The fraction of sp³-hybridized carbons (Fsp3) is 0.143. The number of ether oxygens (including phenoxy) is 1. The van der Waals surface area contributed by atoms with Crippen LogP contribution in [0.25, 0.3) is 94.5 Å². The zero-order valence-corrected chi connectivity index (χ0v) is 55.0. The van der Waals surface area contributed by atoms with Gasteiger partial charge < -0.3 is 13.9 Å². The molecule has 91 heavy (non-hydrogen) atoms. The molecule has 11 aromatic carbocycles. The Bertz CT molecular complexity index is 5780. The van der Waals surface area contributed by atoms with Crippen LogP contribution in [-0.2, 0) is 37.3 Å². The third-order valence-electron chi connectivity index (χ3n) is 17.4. The van der Waals surface area contributed by atoms with Crippen LogP contribution in [0, 0.1) is 18.5 Å². The van der Waals surface area contributed by atoms with Crippen molar-refractivity contribution in [3.8, 4) is 73.2 Å². The Kier molecular flexibility index (Phi) is 11.0. The number of nitrogens with zero attached hydrogens (tertiary/aromatic N) is 4. The molecule has 0 spiro atoms. The number of rotatable bonds is 9. The number of fused-ring (bicyclic) bond motifs is 10. The summed E-state index contributed by atoms with van der Waals surface area (Å²) in [6.45, 7) is 19.6. The minimum Gasteiger partial charge on any atom is -0.510 e. The molecule has 0 N–H and O–H groups in total. The molecule has 0 saturated carbocycles.